The molecule has 0 radical (unpaired) electrons. The first kappa shape index (κ1) is 32.1. The van der Waals surface area contributed by atoms with Gasteiger partial charge in [-0.3, -0.25) is 9.69 Å². The Bertz CT molecular complexity index is 3110. The summed E-state index contributed by atoms with van der Waals surface area (Å²) >= 11 is 0. The standard InChI is InChI=1S/C42H9N11/c1-19-9-22-23(10-20(19)15-43)35-39(33(22)31(17-45)50-5)36-24-11-21(16-44)28(47-2)12-27(24)38(42(52-7)53-8)41(36)37-26-14-30(49-4)29(48-3)13-25(26)34(40(35)37)32(18-46)51-6/h9-14H,1H3/b33-31-,34-32+. The van der Waals surface area contributed by atoms with Crippen molar-refractivity contribution in [1.82, 2.24) is 0 Å². The molecule has 53 heavy (non-hydrogen) atoms. The van der Waals surface area contributed by atoms with Crippen LogP contribution in [0.25, 0.3) is 84.0 Å². The van der Waals surface area contributed by atoms with Crippen LogP contribution in [0.4, 0.5) is 17.1 Å². The summed E-state index contributed by atoms with van der Waals surface area (Å²) in [6.45, 7) is 57.4. The first-order chi connectivity index (χ1) is 25.7. The molecule has 11 heteroatoms. The Balaban J connectivity index is 1.93. The lowest BCUT2D eigenvalue weighted by Gasteiger charge is -2.19. The molecule has 0 heterocycles. The van der Waals surface area contributed by atoms with Gasteiger partial charge in [0.05, 0.1) is 73.8 Å². The van der Waals surface area contributed by atoms with Crippen molar-refractivity contribution >= 4 is 33.8 Å². The van der Waals surface area contributed by atoms with E-state index in [1.165, 1.54) is 24.3 Å². The number of nitrogens with zero attached hydrogens (tertiary/aromatic N) is 11. The van der Waals surface area contributed by atoms with Crippen molar-refractivity contribution in [2.75, 3.05) is 0 Å². The lowest BCUT2D eigenvalue weighted by atomic mass is 9.83. The van der Waals surface area contributed by atoms with Gasteiger partial charge >= 0.3 is 5.82 Å². The van der Waals surface area contributed by atoms with E-state index in [9.17, 15) is 21.0 Å². The van der Waals surface area contributed by atoms with E-state index < -0.39 is 5.82 Å². The molecule has 4 aromatic rings. The Hall–Kier alpha value is -9.51. The Morgan fingerprint density at radius 1 is 0.453 bits per heavy atom. The summed E-state index contributed by atoms with van der Waals surface area (Å²) in [5, 5.41) is 41.1. The van der Waals surface area contributed by atoms with Crippen molar-refractivity contribution in [3.63, 3.8) is 0 Å². The van der Waals surface area contributed by atoms with Crippen LogP contribution in [0.5, 0.6) is 0 Å². The third-order valence-corrected chi connectivity index (χ3v) is 9.43. The molecule has 0 atom stereocenters. The predicted octanol–water partition coefficient (Wildman–Crippen LogP) is 10.3. The maximum atomic E-state index is 10.4. The lowest BCUT2D eigenvalue weighted by Crippen LogP contribution is -1.99. The smallest absolute Gasteiger partial charge is 0.250 e. The van der Waals surface area contributed by atoms with Gasteiger partial charge in [-0.1, -0.05) is 18.2 Å². The summed E-state index contributed by atoms with van der Waals surface area (Å²) < 4.78 is 0. The van der Waals surface area contributed by atoms with E-state index in [0.29, 0.717) is 44.5 Å². The minimum atomic E-state index is -0.407. The molecule has 0 bridgehead atoms. The fourth-order valence-corrected chi connectivity index (χ4v) is 7.44. The molecular formula is C42H9N11. The van der Waals surface area contributed by atoms with Gasteiger partial charge in [0, 0.05) is 11.1 Å². The van der Waals surface area contributed by atoms with E-state index in [1.807, 2.05) is 18.2 Å². The van der Waals surface area contributed by atoms with Gasteiger partial charge in [-0.25, -0.2) is 25.1 Å². The Kier molecular flexibility index (Phi) is 7.00. The van der Waals surface area contributed by atoms with Crippen LogP contribution < -0.4 is 0 Å². The van der Waals surface area contributed by atoms with E-state index in [4.69, 9.17) is 46.0 Å². The summed E-state index contributed by atoms with van der Waals surface area (Å²) in [6.07, 6.45) is 0. The molecule has 0 amide bonds. The third-order valence-electron chi connectivity index (χ3n) is 9.43. The minimum Gasteiger partial charge on any atom is -0.250 e. The largest absolute Gasteiger partial charge is 0.527 e. The molecule has 0 saturated carbocycles. The van der Waals surface area contributed by atoms with Gasteiger partial charge in [0.15, 0.2) is 11.4 Å². The molecule has 0 spiro atoms. The Morgan fingerprint density at radius 3 is 1.28 bits per heavy atom. The fraction of sp³-hybridized carbons (Fsp3) is 0.0238. The SMILES string of the molecule is [C-]#[N+]C([N+]#[C-])=C1c2cc([N+]#[C-])c(C#N)cc2-c2c1c1c(c3c2/C(=C(/C#N)[N+]#[C-])c2cc(C)c(C#N)cc2-3)/C(=C(\C#N)[N+]#[C-])c2cc([N+]#[C-])c([N+]#[C-])cc2-1. The van der Waals surface area contributed by atoms with Gasteiger partial charge < -0.3 is 0 Å². The van der Waals surface area contributed by atoms with Crippen LogP contribution in [0.3, 0.4) is 0 Å². The first-order valence-electron chi connectivity index (χ1n) is 15.0. The van der Waals surface area contributed by atoms with Crippen molar-refractivity contribution < 1.29 is 0 Å². The molecule has 4 aromatic carbocycles. The highest BCUT2D eigenvalue weighted by molar-refractivity contribution is 6.25. The topological polar surface area (TPSA) is 126 Å². The zero-order valence-electron chi connectivity index (χ0n) is 26.9. The predicted molar refractivity (Wildman–Crippen MR) is 191 cm³/mol. The van der Waals surface area contributed by atoms with Gasteiger partial charge in [-0.05, 0) is 97.4 Å². The number of aryl methyl sites for hydroxylation is 1. The average molecular weight is 668 g/mol. The molecule has 7 rings (SSSR count). The van der Waals surface area contributed by atoms with E-state index in [0.717, 1.165) is 0 Å². The minimum absolute atomic E-state index is 0.0144. The van der Waals surface area contributed by atoms with Crippen molar-refractivity contribution in [2.45, 2.75) is 6.92 Å². The number of allylic oxidation sites excluding steroid dienone is 2. The summed E-state index contributed by atoms with van der Waals surface area (Å²) in [5.41, 5.74) is 3.87. The highest BCUT2D eigenvalue weighted by atomic mass is 14.9. The van der Waals surface area contributed by atoms with Crippen molar-refractivity contribution in [3.8, 4) is 57.7 Å². The van der Waals surface area contributed by atoms with Gasteiger partial charge in [-0.15, -0.1) is 0 Å². The van der Waals surface area contributed by atoms with E-state index in [1.54, 1.807) is 19.1 Å². The van der Waals surface area contributed by atoms with Crippen molar-refractivity contribution in [2.24, 2.45) is 0 Å². The van der Waals surface area contributed by atoms with E-state index in [-0.39, 0.29) is 84.1 Å². The summed E-state index contributed by atoms with van der Waals surface area (Å²) in [4.78, 5) is 24.9. The lowest BCUT2D eigenvalue weighted by molar-refractivity contribution is 1.39. The Labute approximate surface area is 302 Å². The van der Waals surface area contributed by atoms with Crippen LogP contribution in [0.2, 0.25) is 0 Å². The number of hydrogen-bond donors (Lipinski definition) is 0. The van der Waals surface area contributed by atoms with Crippen LogP contribution in [0.15, 0.2) is 53.6 Å². The normalized spacial score (nSPS) is 13.2. The summed E-state index contributed by atoms with van der Waals surface area (Å²) in [5.74, 6) is -0.407. The monoisotopic (exact) mass is 667 g/mol. The Morgan fingerprint density at radius 2 is 0.849 bits per heavy atom. The number of benzene rings is 4. The van der Waals surface area contributed by atoms with Crippen LogP contribution in [-0.4, -0.2) is 0 Å². The molecule has 11 nitrogen and oxygen atoms in total. The molecule has 3 aliphatic rings. The molecule has 0 saturated heterocycles. The van der Waals surface area contributed by atoms with E-state index >= 15 is 0 Å². The number of hydrogen-bond acceptors (Lipinski definition) is 4. The summed E-state index contributed by atoms with van der Waals surface area (Å²) in [6, 6.07) is 17.2. The molecule has 3 aliphatic carbocycles. The van der Waals surface area contributed by atoms with Gasteiger partial charge in [0.2, 0.25) is 5.69 Å². The first-order valence-corrected chi connectivity index (χ1v) is 15.0. The molecule has 0 unspecified atom stereocenters. The second kappa shape index (κ2) is 11.6. The van der Waals surface area contributed by atoms with Crippen LogP contribution in [-0.2, 0) is 0 Å². The molecular weight excluding hydrogens is 659 g/mol. The summed E-state index contributed by atoms with van der Waals surface area (Å²) in [7, 11) is 0. The van der Waals surface area contributed by atoms with Crippen LogP contribution >= 0.6 is 0 Å². The highest BCUT2D eigenvalue weighted by Crippen LogP contribution is 2.66. The zero-order chi connectivity index (χ0) is 37.9. The van der Waals surface area contributed by atoms with Gasteiger partial charge in [-0.2, -0.15) is 20.2 Å². The fourth-order valence-electron chi connectivity index (χ4n) is 7.44. The number of nitriles is 4. The van der Waals surface area contributed by atoms with Crippen molar-refractivity contribution in [1.29, 1.82) is 21.0 Å². The molecule has 0 fully saturated rings. The highest BCUT2D eigenvalue weighted by Gasteiger charge is 2.46. The van der Waals surface area contributed by atoms with Crippen molar-refractivity contribution in [3.05, 3.63) is 184 Å². The van der Waals surface area contributed by atoms with Gasteiger partial charge in [0.1, 0.15) is 13.1 Å². The average Bonchev–Trinajstić information content (AvgIpc) is 3.80. The second-order valence-corrected chi connectivity index (χ2v) is 11.6. The quantitative estimate of drug-likeness (QED) is 0.118. The molecule has 0 aromatic heterocycles. The second-order valence-electron chi connectivity index (χ2n) is 11.6. The van der Waals surface area contributed by atoms with Gasteiger partial charge in [0.25, 0.3) is 11.4 Å². The maximum absolute atomic E-state index is 10.4. The number of rotatable bonds is 0. The molecule has 0 aliphatic heterocycles. The third kappa shape index (κ3) is 3.97. The molecule has 0 N–H and O–H groups in total. The van der Waals surface area contributed by atoms with Crippen LogP contribution in [0, 0.1) is 98.3 Å². The maximum Gasteiger partial charge on any atom is 0.527 e. The molecule has 232 valence electrons. The number of fused-ring (bicyclic) bond motifs is 12. The van der Waals surface area contributed by atoms with E-state index in [2.05, 4.69) is 40.0 Å². The van der Waals surface area contributed by atoms with Crippen LogP contribution in [0.1, 0.15) is 50.1 Å². The zero-order valence-corrected chi connectivity index (χ0v) is 26.9.